The minimum atomic E-state index is -1.06. The number of esters is 1. The van der Waals surface area contributed by atoms with Crippen LogP contribution in [0.3, 0.4) is 0 Å². The normalized spacial score (nSPS) is 22.1. The molecule has 0 aromatic heterocycles. The fourth-order valence-electron chi connectivity index (χ4n) is 3.89. The Balaban J connectivity index is 1.46. The van der Waals surface area contributed by atoms with Gasteiger partial charge in [-0.25, -0.2) is 4.79 Å². The molecular weight excluding hydrogens is 440 g/mol. The molecule has 1 aliphatic carbocycles. The van der Waals surface area contributed by atoms with Crippen molar-refractivity contribution in [3.8, 4) is 0 Å². The molecule has 9 heteroatoms. The molecule has 3 aliphatic rings. The number of hydrogen-bond acceptors (Lipinski definition) is 8. The summed E-state index contributed by atoms with van der Waals surface area (Å²) in [6.07, 6.45) is 12.6. The maximum Gasteiger partial charge on any atom is 0.328 e. The quantitative estimate of drug-likeness (QED) is 0.389. The van der Waals surface area contributed by atoms with E-state index in [0.29, 0.717) is 0 Å². The molecule has 178 valence electrons. The van der Waals surface area contributed by atoms with Crippen molar-refractivity contribution in [3.05, 3.63) is 95.6 Å². The molecule has 3 N–H and O–H groups in total. The van der Waals surface area contributed by atoms with E-state index in [1.54, 1.807) is 12.2 Å². The van der Waals surface area contributed by atoms with Crippen LogP contribution in [0.2, 0.25) is 0 Å². The smallest absolute Gasteiger partial charge is 0.328 e. The minimum Gasteiger partial charge on any atom is -0.475 e. The van der Waals surface area contributed by atoms with Gasteiger partial charge in [-0.3, -0.25) is 4.79 Å². The lowest BCUT2D eigenvalue weighted by molar-refractivity contribution is -0.309. The molecule has 0 radical (unpaired) electrons. The predicted octanol–water partition coefficient (Wildman–Crippen LogP) is 1.35. The zero-order chi connectivity index (χ0) is 24.0. The molecule has 1 amide bonds. The van der Waals surface area contributed by atoms with E-state index in [1.807, 2.05) is 54.6 Å². The van der Waals surface area contributed by atoms with Crippen molar-refractivity contribution in [1.29, 1.82) is 0 Å². The lowest BCUT2D eigenvalue weighted by Crippen LogP contribution is -2.53. The predicted molar refractivity (Wildman–Crippen MR) is 121 cm³/mol. The molecule has 3 atom stereocenters. The summed E-state index contributed by atoms with van der Waals surface area (Å²) in [6.45, 7) is -0.432. The third kappa shape index (κ3) is 4.90. The molecule has 9 nitrogen and oxygen atoms in total. The van der Waals surface area contributed by atoms with E-state index in [0.717, 1.165) is 16.7 Å². The highest BCUT2D eigenvalue weighted by molar-refractivity contribution is 5.88. The van der Waals surface area contributed by atoms with Crippen LogP contribution in [0.15, 0.2) is 90.1 Å². The maximum absolute atomic E-state index is 12.9. The van der Waals surface area contributed by atoms with Gasteiger partial charge in [-0.1, -0.05) is 54.6 Å². The van der Waals surface area contributed by atoms with Gasteiger partial charge in [-0.05, 0) is 17.2 Å². The second-order valence-electron chi connectivity index (χ2n) is 7.89. The van der Waals surface area contributed by atoms with Crippen LogP contribution in [0.25, 0.3) is 0 Å². The third-order valence-corrected chi connectivity index (χ3v) is 5.70. The van der Waals surface area contributed by atoms with Crippen LogP contribution >= 0.6 is 0 Å². The number of rotatable bonds is 8. The number of amides is 1. The van der Waals surface area contributed by atoms with Gasteiger partial charge in [0, 0.05) is 18.1 Å². The highest BCUT2D eigenvalue weighted by atomic mass is 17.2. The lowest BCUT2D eigenvalue weighted by atomic mass is 9.81. The molecular formula is C25H26N2O7. The van der Waals surface area contributed by atoms with Gasteiger partial charge in [0.05, 0.1) is 13.7 Å². The summed E-state index contributed by atoms with van der Waals surface area (Å²) in [5, 5.41) is 15.4. The fraction of sp³-hybridized carbons (Fsp3) is 0.280. The van der Waals surface area contributed by atoms with Crippen LogP contribution < -0.4 is 10.6 Å². The molecule has 0 saturated heterocycles. The number of hydrogen-bond donors (Lipinski definition) is 3. The van der Waals surface area contributed by atoms with Gasteiger partial charge >= 0.3 is 5.97 Å². The van der Waals surface area contributed by atoms with E-state index in [2.05, 4.69) is 10.6 Å². The number of ether oxygens (including phenoxy) is 2. The number of aliphatic hydroxyl groups is 1. The van der Waals surface area contributed by atoms with Gasteiger partial charge in [0.1, 0.15) is 25.0 Å². The second kappa shape index (κ2) is 10.4. The standard InChI is InChI=1S/C25H26N2O7/c1-31-24(30)20(13-17-7-3-2-4-8-17)27-23(29)21(15-28)26-22-14-19-10-5-9-18-11-6-12-33-34-25(18,19)16-32-22/h2-12,14,20-21,26,28H,13,15-16H2,1H3,(H,27,29)/t20-,21-,25?/m0/s1. The highest BCUT2D eigenvalue weighted by Crippen LogP contribution is 2.40. The van der Waals surface area contributed by atoms with Crippen molar-refractivity contribution in [2.24, 2.45) is 0 Å². The SMILES string of the molecule is COC(=O)[C@H](Cc1ccccc1)NC(=O)[C@H](CO)NC1=CC2=CC=CC3=CC=COOC32CO1. The molecule has 1 unspecified atom stereocenters. The Kier molecular flexibility index (Phi) is 7.15. The molecule has 0 bridgehead atoms. The van der Waals surface area contributed by atoms with Gasteiger partial charge in [0.25, 0.3) is 0 Å². The average Bonchev–Trinajstić information content (AvgIpc) is 3.08. The Hall–Kier alpha value is -3.82. The summed E-state index contributed by atoms with van der Waals surface area (Å²) in [7, 11) is 1.26. The zero-order valence-corrected chi connectivity index (χ0v) is 18.6. The number of methoxy groups -OCH3 is 1. The van der Waals surface area contributed by atoms with Crippen molar-refractivity contribution >= 4 is 11.9 Å². The van der Waals surface area contributed by atoms with Crippen LogP contribution in [-0.4, -0.2) is 55.0 Å². The van der Waals surface area contributed by atoms with Crippen LogP contribution in [0.5, 0.6) is 0 Å². The molecule has 1 aromatic rings. The lowest BCUT2D eigenvalue weighted by Gasteiger charge is -2.38. The average molecular weight is 466 g/mol. The summed E-state index contributed by atoms with van der Waals surface area (Å²) in [5.41, 5.74) is 1.53. The van der Waals surface area contributed by atoms with E-state index in [1.165, 1.54) is 13.4 Å². The molecule has 1 aromatic carbocycles. The number of allylic oxidation sites excluding steroid dienone is 4. The molecule has 0 fully saturated rings. The molecule has 0 saturated carbocycles. The van der Waals surface area contributed by atoms with E-state index >= 15 is 0 Å². The summed E-state index contributed by atoms with van der Waals surface area (Å²) in [6, 6.07) is 7.28. The maximum atomic E-state index is 12.9. The molecule has 1 spiro atoms. The van der Waals surface area contributed by atoms with Crippen LogP contribution in [0.1, 0.15) is 5.56 Å². The van der Waals surface area contributed by atoms with Crippen molar-refractivity contribution in [2.75, 3.05) is 20.3 Å². The van der Waals surface area contributed by atoms with Crippen molar-refractivity contribution < 1.29 is 33.9 Å². The van der Waals surface area contributed by atoms with Crippen molar-refractivity contribution in [2.45, 2.75) is 24.1 Å². The monoisotopic (exact) mass is 466 g/mol. The van der Waals surface area contributed by atoms with Crippen LogP contribution in [-0.2, 0) is 35.3 Å². The van der Waals surface area contributed by atoms with Gasteiger partial charge in [-0.2, -0.15) is 4.89 Å². The Labute approximate surface area is 197 Å². The van der Waals surface area contributed by atoms with Gasteiger partial charge in [0.2, 0.25) is 5.91 Å². The van der Waals surface area contributed by atoms with E-state index in [-0.39, 0.29) is 18.9 Å². The first-order valence-corrected chi connectivity index (χ1v) is 10.8. The molecule has 2 heterocycles. The largest absolute Gasteiger partial charge is 0.475 e. The van der Waals surface area contributed by atoms with Crippen molar-refractivity contribution in [1.82, 2.24) is 10.6 Å². The van der Waals surface area contributed by atoms with E-state index in [9.17, 15) is 14.7 Å². The summed E-state index contributed by atoms with van der Waals surface area (Å²) >= 11 is 0. The number of nitrogens with one attached hydrogen (secondary N) is 2. The Morgan fingerprint density at radius 1 is 1.15 bits per heavy atom. The van der Waals surface area contributed by atoms with E-state index in [4.69, 9.17) is 19.2 Å². The second-order valence-corrected chi connectivity index (χ2v) is 7.89. The van der Waals surface area contributed by atoms with Crippen LogP contribution in [0.4, 0.5) is 0 Å². The summed E-state index contributed by atoms with van der Waals surface area (Å²) in [5.74, 6) is -0.879. The molecule has 34 heavy (non-hydrogen) atoms. The van der Waals surface area contributed by atoms with E-state index < -0.39 is 36.2 Å². The minimum absolute atomic E-state index is 0.0913. The first kappa shape index (κ1) is 23.3. The number of benzene rings is 1. The third-order valence-electron chi connectivity index (χ3n) is 5.70. The number of aliphatic hydroxyl groups excluding tert-OH is 1. The zero-order valence-electron chi connectivity index (χ0n) is 18.6. The van der Waals surface area contributed by atoms with Crippen molar-refractivity contribution in [3.63, 3.8) is 0 Å². The number of carbonyl (C=O) groups excluding carboxylic acids is 2. The van der Waals surface area contributed by atoms with Gasteiger partial charge in [0.15, 0.2) is 11.5 Å². The highest BCUT2D eigenvalue weighted by Gasteiger charge is 2.45. The summed E-state index contributed by atoms with van der Waals surface area (Å²) in [4.78, 5) is 35.9. The Morgan fingerprint density at radius 2 is 1.94 bits per heavy atom. The topological polar surface area (TPSA) is 115 Å². The van der Waals surface area contributed by atoms with Gasteiger partial charge in [-0.15, -0.1) is 0 Å². The fourth-order valence-corrected chi connectivity index (χ4v) is 3.89. The molecule has 4 rings (SSSR count). The van der Waals surface area contributed by atoms with Gasteiger partial charge < -0.3 is 30.1 Å². The first-order chi connectivity index (χ1) is 16.6. The molecule has 2 aliphatic heterocycles. The van der Waals surface area contributed by atoms with Crippen LogP contribution in [0, 0.1) is 0 Å². The summed E-state index contributed by atoms with van der Waals surface area (Å²) < 4.78 is 10.7. The Morgan fingerprint density at radius 3 is 2.71 bits per heavy atom. The Bertz CT molecular complexity index is 1070. The number of carbonyl (C=O) groups is 2. The first-order valence-electron chi connectivity index (χ1n) is 10.8.